The number of benzene rings is 1. The number of halogens is 3. The summed E-state index contributed by atoms with van der Waals surface area (Å²) in [5.41, 5.74) is -4.40. The molecule has 0 saturated carbocycles. The molecule has 0 bridgehead atoms. The molecule has 0 saturated heterocycles. The summed E-state index contributed by atoms with van der Waals surface area (Å²) in [5.74, 6) is 0. The first-order chi connectivity index (χ1) is 10.9. The van der Waals surface area contributed by atoms with Crippen molar-refractivity contribution in [3.05, 3.63) is 35.9 Å². The van der Waals surface area contributed by atoms with Gasteiger partial charge >= 0.3 is 25.9 Å². The largest absolute Gasteiger partial charge is 2.00 e. The van der Waals surface area contributed by atoms with E-state index in [2.05, 4.69) is 31.1 Å². The van der Waals surface area contributed by atoms with Crippen molar-refractivity contribution >= 4 is 10.1 Å². The van der Waals surface area contributed by atoms with Gasteiger partial charge in [-0.25, -0.2) is 8.42 Å². The third-order valence-corrected chi connectivity index (χ3v) is 2.11. The van der Waals surface area contributed by atoms with Gasteiger partial charge in [0.1, 0.15) is 0 Å². The van der Waals surface area contributed by atoms with E-state index in [1.165, 1.54) is 19.4 Å². The first-order valence-electron chi connectivity index (χ1n) is 6.11. The molecule has 25 heavy (non-hydrogen) atoms. The number of alkyl halides is 3. The van der Waals surface area contributed by atoms with Gasteiger partial charge in [0.2, 0.25) is 0 Å². The van der Waals surface area contributed by atoms with Gasteiger partial charge in [0.25, 0.3) is 0 Å². The first-order valence-corrected chi connectivity index (χ1v) is 7.52. The van der Waals surface area contributed by atoms with Crippen molar-refractivity contribution in [2.45, 2.75) is 25.9 Å². The molecule has 6 nitrogen and oxygen atoms in total. The predicted molar refractivity (Wildman–Crippen MR) is 81.0 cm³/mol. The molecule has 0 radical (unpaired) electrons. The number of rotatable bonds is 2. The van der Waals surface area contributed by atoms with Crippen LogP contribution in [0.1, 0.15) is 19.4 Å². The zero-order valence-electron chi connectivity index (χ0n) is 13.9. The van der Waals surface area contributed by atoms with Crippen molar-refractivity contribution in [2.24, 2.45) is 0 Å². The molecule has 144 valence electrons. The van der Waals surface area contributed by atoms with E-state index in [-0.39, 0.29) is 20.4 Å². The van der Waals surface area contributed by atoms with Gasteiger partial charge in [-0.3, -0.25) is 0 Å². The van der Waals surface area contributed by atoms with Crippen LogP contribution in [0.15, 0.2) is 24.3 Å². The van der Waals surface area contributed by atoms with E-state index < -0.39 is 15.6 Å². The van der Waals surface area contributed by atoms with Crippen LogP contribution in [0.4, 0.5) is 13.2 Å². The van der Waals surface area contributed by atoms with Gasteiger partial charge in [-0.15, -0.1) is 5.56 Å². The quantitative estimate of drug-likeness (QED) is 0.284. The van der Waals surface area contributed by atoms with Crippen LogP contribution in [0, 0.1) is 28.7 Å². The summed E-state index contributed by atoms with van der Waals surface area (Å²) in [6.07, 6.45) is 0. The minimum atomic E-state index is -6.09. The first kappa shape index (κ1) is 31.3. The SMILES string of the molecule is CC#N.CC#N.CN(C)Cc1[c-]cccc1.O=S(=O)([O-])C(F)(F)F.[Pd+2]. The smallest absolute Gasteiger partial charge is 0.741 e. The van der Waals surface area contributed by atoms with E-state index in [9.17, 15) is 13.2 Å². The molecule has 1 aromatic rings. The molecule has 0 aliphatic heterocycles. The van der Waals surface area contributed by atoms with Gasteiger partial charge in [-0.05, 0) is 14.1 Å². The molecule has 0 aromatic heterocycles. The molecule has 1 rings (SSSR count). The van der Waals surface area contributed by atoms with Gasteiger partial charge < -0.3 is 9.45 Å². The van der Waals surface area contributed by atoms with Gasteiger partial charge in [-0.1, -0.05) is 0 Å². The fourth-order valence-electron chi connectivity index (χ4n) is 0.870. The maximum Gasteiger partial charge on any atom is 2.00 e. The van der Waals surface area contributed by atoms with E-state index in [0.29, 0.717) is 0 Å². The van der Waals surface area contributed by atoms with Crippen molar-refractivity contribution in [3.8, 4) is 12.1 Å². The topological polar surface area (TPSA) is 108 Å². The van der Waals surface area contributed by atoms with Crippen LogP contribution < -0.4 is 0 Å². The van der Waals surface area contributed by atoms with Crippen LogP contribution in [0.5, 0.6) is 0 Å². The van der Waals surface area contributed by atoms with Gasteiger partial charge in [0, 0.05) is 20.4 Å². The summed E-state index contributed by atoms with van der Waals surface area (Å²) in [6, 6.07) is 14.7. The van der Waals surface area contributed by atoms with Crippen molar-refractivity contribution in [1.29, 1.82) is 10.5 Å². The summed E-state index contributed by atoms with van der Waals surface area (Å²) in [5, 5.41) is 14.6. The molecule has 0 N–H and O–H groups in total. The van der Waals surface area contributed by atoms with Crippen LogP contribution in [0.3, 0.4) is 0 Å². The zero-order chi connectivity index (χ0) is 19.8. The van der Waals surface area contributed by atoms with Crippen LogP contribution in [0.25, 0.3) is 0 Å². The van der Waals surface area contributed by atoms with Gasteiger partial charge in [0.15, 0.2) is 10.1 Å². The molecule has 0 unspecified atom stereocenters. The molecular weight excluding hydrogens is 454 g/mol. The Labute approximate surface area is 160 Å². The van der Waals surface area contributed by atoms with Crippen LogP contribution >= 0.6 is 0 Å². The molecule has 0 amide bonds. The molecule has 0 aliphatic rings. The summed E-state index contributed by atoms with van der Waals surface area (Å²) < 4.78 is 58.9. The summed E-state index contributed by atoms with van der Waals surface area (Å²) >= 11 is 0. The second-order valence-corrected chi connectivity index (χ2v) is 5.34. The third-order valence-electron chi connectivity index (χ3n) is 1.54. The van der Waals surface area contributed by atoms with Crippen LogP contribution in [-0.4, -0.2) is 37.5 Å². The van der Waals surface area contributed by atoms with Gasteiger partial charge in [0.05, 0.1) is 12.1 Å². The second-order valence-electron chi connectivity index (χ2n) is 3.97. The summed E-state index contributed by atoms with van der Waals surface area (Å²) in [6.45, 7) is 3.83. The molecular formula is C14H18F3N3O3PdS. The minimum Gasteiger partial charge on any atom is -0.741 e. The van der Waals surface area contributed by atoms with E-state index in [1.807, 2.05) is 18.2 Å². The molecule has 0 spiro atoms. The Morgan fingerprint density at radius 3 is 1.76 bits per heavy atom. The number of nitriles is 2. The van der Waals surface area contributed by atoms with Crippen LogP contribution in [0.2, 0.25) is 0 Å². The standard InChI is InChI=1S/C9H12N.2C2H3N.CHF3O3S.Pd/c1-10(2)8-9-6-4-3-5-7-9;2*1-2-3;2-1(3,4)8(5,6)7;/h3-6H,8H2,1-2H3;2*1H3;(H,5,6,7);/q-1;;;;+2/p-1. The number of hydrogen-bond donors (Lipinski definition) is 0. The maximum absolute atomic E-state index is 10.7. The molecule has 11 heteroatoms. The van der Waals surface area contributed by atoms with Crippen molar-refractivity contribution in [3.63, 3.8) is 0 Å². The van der Waals surface area contributed by atoms with E-state index in [0.717, 1.165) is 6.54 Å². The normalized spacial score (nSPS) is 9.24. The average Bonchev–Trinajstić information content (AvgIpc) is 2.39. The molecule has 0 atom stereocenters. The van der Waals surface area contributed by atoms with E-state index in [4.69, 9.17) is 23.5 Å². The predicted octanol–water partition coefficient (Wildman–Crippen LogP) is 2.66. The summed E-state index contributed by atoms with van der Waals surface area (Å²) in [7, 11) is -1.98. The Hall–Kier alpha value is -1.48. The van der Waals surface area contributed by atoms with Crippen molar-refractivity contribution in [1.82, 2.24) is 4.90 Å². The number of hydrogen-bond acceptors (Lipinski definition) is 6. The van der Waals surface area contributed by atoms with Crippen LogP contribution in [-0.2, 0) is 37.1 Å². The van der Waals surface area contributed by atoms with Crippen molar-refractivity contribution in [2.75, 3.05) is 14.1 Å². The summed E-state index contributed by atoms with van der Waals surface area (Å²) in [4.78, 5) is 2.13. The molecule has 0 aliphatic carbocycles. The van der Waals surface area contributed by atoms with E-state index in [1.54, 1.807) is 12.1 Å². The Bertz CT molecular complexity index is 598. The Kier molecular flexibility index (Phi) is 21.7. The molecule has 0 heterocycles. The zero-order valence-corrected chi connectivity index (χ0v) is 16.3. The van der Waals surface area contributed by atoms with Crippen molar-refractivity contribution < 1.29 is 46.6 Å². The molecule has 1 aromatic carbocycles. The third kappa shape index (κ3) is 24.9. The Morgan fingerprint density at radius 2 is 1.56 bits per heavy atom. The Balaban J connectivity index is -0.000000132. The Morgan fingerprint density at radius 1 is 1.20 bits per heavy atom. The second kappa shape index (κ2) is 17.3. The fraction of sp³-hybridized carbons (Fsp3) is 0.429. The monoisotopic (exact) mass is 471 g/mol. The fourth-order valence-corrected chi connectivity index (χ4v) is 0.870. The minimum absolute atomic E-state index is 0. The molecule has 0 fully saturated rings. The maximum atomic E-state index is 10.7. The average molecular weight is 472 g/mol. The van der Waals surface area contributed by atoms with E-state index >= 15 is 0 Å². The van der Waals surface area contributed by atoms with Gasteiger partial charge in [-0.2, -0.15) is 54.0 Å². The number of nitrogens with zero attached hydrogens (tertiary/aromatic N) is 3.